The number of anilines is 1. The van der Waals surface area contributed by atoms with Gasteiger partial charge in [0.25, 0.3) is 0 Å². The lowest BCUT2D eigenvalue weighted by atomic mass is 10.0. The van der Waals surface area contributed by atoms with E-state index < -0.39 is 5.79 Å². The van der Waals surface area contributed by atoms with Gasteiger partial charge in [0, 0.05) is 49.6 Å². The minimum absolute atomic E-state index is 0.178. The molecule has 0 bridgehead atoms. The standard InChI is InChI=1S/C17H23ClN2O3/c1-13-12-14(18)2-3-15(13)19-7-4-16(21)20-8-5-17(6-9-20)22-10-11-23-17/h2-3,12,19H,4-11H2,1H3. The van der Waals surface area contributed by atoms with Crippen LogP contribution in [0.15, 0.2) is 18.2 Å². The molecule has 2 saturated heterocycles. The van der Waals surface area contributed by atoms with Crippen molar-refractivity contribution >= 4 is 23.2 Å². The molecule has 0 aromatic heterocycles. The van der Waals surface area contributed by atoms with Crippen LogP contribution in [0.1, 0.15) is 24.8 Å². The molecule has 5 nitrogen and oxygen atoms in total. The summed E-state index contributed by atoms with van der Waals surface area (Å²) in [6, 6.07) is 5.71. The molecular weight excluding hydrogens is 316 g/mol. The lowest BCUT2D eigenvalue weighted by molar-refractivity contribution is -0.187. The molecular formula is C17H23ClN2O3. The number of benzene rings is 1. The molecule has 1 spiro atoms. The SMILES string of the molecule is Cc1cc(Cl)ccc1NCCC(=O)N1CCC2(CC1)OCCO2. The van der Waals surface area contributed by atoms with Crippen molar-refractivity contribution in [2.45, 2.75) is 32.0 Å². The Morgan fingerprint density at radius 1 is 1.30 bits per heavy atom. The summed E-state index contributed by atoms with van der Waals surface area (Å²) < 4.78 is 11.4. The highest BCUT2D eigenvalue weighted by atomic mass is 35.5. The zero-order valence-corrected chi connectivity index (χ0v) is 14.2. The first-order chi connectivity index (χ1) is 11.1. The minimum atomic E-state index is -0.421. The number of likely N-dealkylation sites (tertiary alicyclic amines) is 1. The van der Waals surface area contributed by atoms with Crippen LogP contribution in [0.4, 0.5) is 5.69 Å². The summed E-state index contributed by atoms with van der Waals surface area (Å²) in [5, 5.41) is 4.03. The number of ether oxygens (including phenoxy) is 2. The van der Waals surface area contributed by atoms with E-state index in [4.69, 9.17) is 21.1 Å². The van der Waals surface area contributed by atoms with Crippen LogP contribution in [0.3, 0.4) is 0 Å². The lowest BCUT2D eigenvalue weighted by Gasteiger charge is -2.37. The molecule has 0 aliphatic carbocycles. The van der Waals surface area contributed by atoms with E-state index in [9.17, 15) is 4.79 Å². The van der Waals surface area contributed by atoms with Gasteiger partial charge in [-0.2, -0.15) is 0 Å². The number of aryl methyl sites for hydroxylation is 1. The van der Waals surface area contributed by atoms with Crippen LogP contribution < -0.4 is 5.32 Å². The maximum atomic E-state index is 12.3. The van der Waals surface area contributed by atoms with E-state index in [0.29, 0.717) is 39.3 Å². The van der Waals surface area contributed by atoms with Crippen molar-refractivity contribution in [1.29, 1.82) is 0 Å². The second-order valence-electron chi connectivity index (χ2n) is 6.12. The van der Waals surface area contributed by atoms with E-state index in [1.54, 1.807) is 0 Å². The first-order valence-electron chi connectivity index (χ1n) is 8.14. The largest absolute Gasteiger partial charge is 0.384 e. The van der Waals surface area contributed by atoms with E-state index in [2.05, 4.69) is 5.32 Å². The Morgan fingerprint density at radius 2 is 2.00 bits per heavy atom. The van der Waals surface area contributed by atoms with Gasteiger partial charge >= 0.3 is 0 Å². The van der Waals surface area contributed by atoms with Crippen LogP contribution in [-0.4, -0.2) is 49.4 Å². The number of piperidine rings is 1. The Labute approximate surface area is 141 Å². The van der Waals surface area contributed by atoms with Crippen molar-refractivity contribution in [3.05, 3.63) is 28.8 Å². The first-order valence-corrected chi connectivity index (χ1v) is 8.51. The van der Waals surface area contributed by atoms with Crippen LogP contribution in [0, 0.1) is 6.92 Å². The highest BCUT2D eigenvalue weighted by molar-refractivity contribution is 6.30. The van der Waals surface area contributed by atoms with Gasteiger partial charge in [0.15, 0.2) is 5.79 Å². The molecule has 2 heterocycles. The average Bonchev–Trinajstić information content (AvgIpc) is 2.98. The van der Waals surface area contributed by atoms with E-state index >= 15 is 0 Å². The number of hydrogen-bond acceptors (Lipinski definition) is 4. The molecule has 1 aromatic carbocycles. The Hall–Kier alpha value is -1.30. The fraction of sp³-hybridized carbons (Fsp3) is 0.588. The molecule has 0 radical (unpaired) electrons. The van der Waals surface area contributed by atoms with Crippen molar-refractivity contribution in [1.82, 2.24) is 4.90 Å². The maximum absolute atomic E-state index is 12.3. The summed E-state index contributed by atoms with van der Waals surface area (Å²) in [7, 11) is 0. The molecule has 3 rings (SSSR count). The number of nitrogens with zero attached hydrogens (tertiary/aromatic N) is 1. The predicted octanol–water partition coefficient (Wildman–Crippen LogP) is 2.82. The summed E-state index contributed by atoms with van der Waals surface area (Å²) >= 11 is 5.95. The summed E-state index contributed by atoms with van der Waals surface area (Å²) in [6.45, 7) is 5.37. The second-order valence-corrected chi connectivity index (χ2v) is 6.56. The van der Waals surface area contributed by atoms with Crippen LogP contribution in [0.25, 0.3) is 0 Å². The molecule has 1 N–H and O–H groups in total. The predicted molar refractivity (Wildman–Crippen MR) is 89.7 cm³/mol. The Bertz CT molecular complexity index is 563. The Kier molecular flexibility index (Phi) is 5.09. The van der Waals surface area contributed by atoms with Crippen LogP contribution >= 0.6 is 11.6 Å². The average molecular weight is 339 g/mol. The monoisotopic (exact) mass is 338 g/mol. The van der Waals surface area contributed by atoms with Gasteiger partial charge in [-0.05, 0) is 30.7 Å². The number of halogens is 1. The van der Waals surface area contributed by atoms with Gasteiger partial charge in [0.05, 0.1) is 13.2 Å². The van der Waals surface area contributed by atoms with Gasteiger partial charge < -0.3 is 19.7 Å². The highest BCUT2D eigenvalue weighted by Crippen LogP contribution is 2.31. The molecule has 6 heteroatoms. The van der Waals surface area contributed by atoms with Gasteiger partial charge in [-0.1, -0.05) is 11.6 Å². The summed E-state index contributed by atoms with van der Waals surface area (Å²) in [5.74, 6) is -0.243. The Balaban J connectivity index is 1.43. The van der Waals surface area contributed by atoms with E-state index in [1.165, 1.54) is 0 Å². The van der Waals surface area contributed by atoms with Gasteiger partial charge in [-0.25, -0.2) is 0 Å². The minimum Gasteiger partial charge on any atom is -0.384 e. The van der Waals surface area contributed by atoms with E-state index in [0.717, 1.165) is 29.1 Å². The smallest absolute Gasteiger partial charge is 0.224 e. The number of carbonyl (C=O) groups is 1. The zero-order chi connectivity index (χ0) is 16.3. The molecule has 2 aliphatic heterocycles. The number of nitrogens with one attached hydrogen (secondary N) is 1. The van der Waals surface area contributed by atoms with Crippen LogP contribution in [-0.2, 0) is 14.3 Å². The van der Waals surface area contributed by atoms with Gasteiger partial charge in [0.2, 0.25) is 5.91 Å². The third-order valence-corrected chi connectivity index (χ3v) is 4.77. The van der Waals surface area contributed by atoms with Crippen molar-refractivity contribution in [2.75, 3.05) is 38.2 Å². The molecule has 1 amide bonds. The lowest BCUT2D eigenvalue weighted by Crippen LogP contribution is -2.47. The number of rotatable bonds is 4. The first kappa shape index (κ1) is 16.6. The van der Waals surface area contributed by atoms with Gasteiger partial charge in [0.1, 0.15) is 0 Å². The molecule has 23 heavy (non-hydrogen) atoms. The van der Waals surface area contributed by atoms with Crippen molar-refractivity contribution < 1.29 is 14.3 Å². The number of carbonyl (C=O) groups excluding carboxylic acids is 1. The fourth-order valence-electron chi connectivity index (χ4n) is 3.17. The number of hydrogen-bond donors (Lipinski definition) is 1. The summed E-state index contributed by atoms with van der Waals surface area (Å²) in [6.07, 6.45) is 2.02. The zero-order valence-electron chi connectivity index (χ0n) is 13.4. The molecule has 1 aromatic rings. The third-order valence-electron chi connectivity index (χ3n) is 4.53. The van der Waals surface area contributed by atoms with Crippen LogP contribution in [0.2, 0.25) is 5.02 Å². The van der Waals surface area contributed by atoms with Crippen molar-refractivity contribution in [3.63, 3.8) is 0 Å². The Morgan fingerprint density at radius 3 is 2.65 bits per heavy atom. The van der Waals surface area contributed by atoms with Gasteiger partial charge in [-0.15, -0.1) is 0 Å². The third kappa shape index (κ3) is 3.97. The topological polar surface area (TPSA) is 50.8 Å². The number of amides is 1. The molecule has 2 fully saturated rings. The molecule has 0 unspecified atom stereocenters. The molecule has 0 saturated carbocycles. The van der Waals surface area contributed by atoms with E-state index in [-0.39, 0.29) is 5.91 Å². The molecule has 0 atom stereocenters. The molecule has 2 aliphatic rings. The maximum Gasteiger partial charge on any atom is 0.224 e. The van der Waals surface area contributed by atoms with Gasteiger partial charge in [-0.3, -0.25) is 4.79 Å². The summed E-state index contributed by atoms with van der Waals surface area (Å²) in [5.41, 5.74) is 2.10. The summed E-state index contributed by atoms with van der Waals surface area (Å²) in [4.78, 5) is 14.2. The van der Waals surface area contributed by atoms with E-state index in [1.807, 2.05) is 30.0 Å². The normalized spacial score (nSPS) is 20.0. The fourth-order valence-corrected chi connectivity index (χ4v) is 3.40. The van der Waals surface area contributed by atoms with Crippen molar-refractivity contribution in [3.8, 4) is 0 Å². The molecule has 126 valence electrons. The van der Waals surface area contributed by atoms with Crippen molar-refractivity contribution in [2.24, 2.45) is 0 Å². The van der Waals surface area contributed by atoms with Crippen LogP contribution in [0.5, 0.6) is 0 Å². The quantitative estimate of drug-likeness (QED) is 0.917. The second kappa shape index (κ2) is 7.07. The highest BCUT2D eigenvalue weighted by Gasteiger charge is 2.40.